The van der Waals surface area contributed by atoms with Gasteiger partial charge in [0.15, 0.2) is 5.75 Å². The summed E-state index contributed by atoms with van der Waals surface area (Å²) in [6.45, 7) is 0. The molecule has 0 atom stereocenters. The van der Waals surface area contributed by atoms with Crippen LogP contribution in [0.15, 0.2) is 79.0 Å². The lowest BCUT2D eigenvalue weighted by Gasteiger charge is -2.12. The van der Waals surface area contributed by atoms with E-state index in [1.165, 1.54) is 12.1 Å². The zero-order valence-corrected chi connectivity index (χ0v) is 13.7. The van der Waals surface area contributed by atoms with E-state index in [0.29, 0.717) is 33.7 Å². The van der Waals surface area contributed by atoms with Crippen LogP contribution in [-0.4, -0.2) is 10.9 Å². The van der Waals surface area contributed by atoms with E-state index in [9.17, 15) is 9.18 Å². The Morgan fingerprint density at radius 3 is 2.58 bits per heavy atom. The first-order chi connectivity index (χ1) is 12.7. The van der Waals surface area contributed by atoms with Gasteiger partial charge >= 0.3 is 0 Å². The predicted octanol–water partition coefficient (Wildman–Crippen LogP) is 5.35. The molecule has 0 bridgehead atoms. The van der Waals surface area contributed by atoms with Crippen LogP contribution in [0.1, 0.15) is 10.4 Å². The molecule has 128 valence electrons. The van der Waals surface area contributed by atoms with E-state index in [0.717, 1.165) is 0 Å². The number of fused-ring (bicyclic) bond motifs is 1. The Morgan fingerprint density at radius 1 is 0.962 bits per heavy atom. The number of H-pyrrole nitrogens is 1. The third-order valence-electron chi connectivity index (χ3n) is 3.99. The van der Waals surface area contributed by atoms with Gasteiger partial charge in [-0.2, -0.15) is 0 Å². The Bertz CT molecular complexity index is 1070. The summed E-state index contributed by atoms with van der Waals surface area (Å²) >= 11 is 0. The molecule has 3 aromatic carbocycles. The third kappa shape index (κ3) is 3.15. The SMILES string of the molecule is O=C(Nc1ccccc1Oc1ccccc1)c1c[nH]c2ccc(F)cc12. The largest absolute Gasteiger partial charge is 0.455 e. The molecule has 0 radical (unpaired) electrons. The number of carbonyl (C=O) groups is 1. The van der Waals surface area contributed by atoms with Crippen LogP contribution in [0, 0.1) is 5.82 Å². The van der Waals surface area contributed by atoms with Crippen LogP contribution in [0.25, 0.3) is 10.9 Å². The van der Waals surface area contributed by atoms with Crippen molar-refractivity contribution in [3.8, 4) is 11.5 Å². The van der Waals surface area contributed by atoms with Gasteiger partial charge in [0.25, 0.3) is 5.91 Å². The number of ether oxygens (including phenoxy) is 1. The van der Waals surface area contributed by atoms with Gasteiger partial charge in [-0.3, -0.25) is 4.79 Å². The zero-order valence-electron chi connectivity index (χ0n) is 13.7. The summed E-state index contributed by atoms with van der Waals surface area (Å²) in [5, 5.41) is 3.37. The van der Waals surface area contributed by atoms with Crippen LogP contribution < -0.4 is 10.1 Å². The van der Waals surface area contributed by atoms with Crippen LogP contribution in [0.3, 0.4) is 0 Å². The van der Waals surface area contributed by atoms with Crippen molar-refractivity contribution in [2.45, 2.75) is 0 Å². The van der Waals surface area contributed by atoms with Crippen LogP contribution in [0.2, 0.25) is 0 Å². The molecule has 4 aromatic rings. The van der Waals surface area contributed by atoms with Gasteiger partial charge in [0.05, 0.1) is 11.3 Å². The quantitative estimate of drug-likeness (QED) is 0.523. The molecule has 0 spiro atoms. The fourth-order valence-corrected chi connectivity index (χ4v) is 2.74. The Balaban J connectivity index is 1.62. The monoisotopic (exact) mass is 346 g/mol. The summed E-state index contributed by atoms with van der Waals surface area (Å²) in [6, 6.07) is 20.8. The second kappa shape index (κ2) is 6.72. The lowest BCUT2D eigenvalue weighted by Crippen LogP contribution is -2.12. The standard InChI is InChI=1S/C21H15FN2O2/c22-14-10-11-18-16(12-14)17(13-23-18)21(25)24-19-8-4-5-9-20(19)26-15-6-2-1-3-7-15/h1-13,23H,(H,24,25). The normalized spacial score (nSPS) is 10.7. The maximum absolute atomic E-state index is 13.5. The lowest BCUT2D eigenvalue weighted by atomic mass is 10.1. The average molecular weight is 346 g/mol. The van der Waals surface area contributed by atoms with Crippen LogP contribution in [0.5, 0.6) is 11.5 Å². The number of hydrogen-bond donors (Lipinski definition) is 2. The average Bonchev–Trinajstić information content (AvgIpc) is 3.07. The molecule has 0 aliphatic heterocycles. The molecule has 0 aliphatic carbocycles. The number of benzene rings is 3. The van der Waals surface area contributed by atoms with E-state index in [2.05, 4.69) is 10.3 Å². The number of anilines is 1. The van der Waals surface area contributed by atoms with Crippen LogP contribution in [0.4, 0.5) is 10.1 Å². The molecule has 0 saturated heterocycles. The first-order valence-electron chi connectivity index (χ1n) is 8.10. The molecule has 0 unspecified atom stereocenters. The van der Waals surface area contributed by atoms with Gasteiger partial charge in [0.1, 0.15) is 11.6 Å². The molecule has 0 fully saturated rings. The van der Waals surface area contributed by atoms with Crippen molar-refractivity contribution in [1.82, 2.24) is 4.98 Å². The minimum atomic E-state index is -0.390. The summed E-state index contributed by atoms with van der Waals surface area (Å²) in [6.07, 6.45) is 1.57. The topological polar surface area (TPSA) is 54.1 Å². The first-order valence-corrected chi connectivity index (χ1v) is 8.10. The number of hydrogen-bond acceptors (Lipinski definition) is 2. The highest BCUT2D eigenvalue weighted by Crippen LogP contribution is 2.30. The summed E-state index contributed by atoms with van der Waals surface area (Å²) in [4.78, 5) is 15.7. The van der Waals surface area contributed by atoms with Gasteiger partial charge in [-0.25, -0.2) is 4.39 Å². The highest BCUT2D eigenvalue weighted by atomic mass is 19.1. The second-order valence-corrected chi connectivity index (χ2v) is 5.76. The minimum absolute atomic E-state index is 0.342. The molecule has 5 heteroatoms. The van der Waals surface area contributed by atoms with Crippen molar-refractivity contribution in [3.05, 3.63) is 90.4 Å². The number of aromatic nitrogens is 1. The first kappa shape index (κ1) is 15.9. The molecule has 0 aliphatic rings. The number of rotatable bonds is 4. The van der Waals surface area contributed by atoms with E-state index in [1.807, 2.05) is 42.5 Å². The van der Waals surface area contributed by atoms with Gasteiger partial charge in [-0.05, 0) is 42.5 Å². The second-order valence-electron chi connectivity index (χ2n) is 5.76. The molecular formula is C21H15FN2O2. The van der Waals surface area contributed by atoms with E-state index in [4.69, 9.17) is 4.74 Å². The molecule has 4 rings (SSSR count). The van der Waals surface area contributed by atoms with E-state index >= 15 is 0 Å². The van der Waals surface area contributed by atoms with Crippen LogP contribution in [-0.2, 0) is 0 Å². The minimum Gasteiger partial charge on any atom is -0.455 e. The molecule has 1 amide bonds. The fourth-order valence-electron chi connectivity index (χ4n) is 2.74. The van der Waals surface area contributed by atoms with Crippen molar-refractivity contribution in [2.24, 2.45) is 0 Å². The van der Waals surface area contributed by atoms with Gasteiger partial charge in [-0.15, -0.1) is 0 Å². The van der Waals surface area contributed by atoms with Gasteiger partial charge in [-0.1, -0.05) is 30.3 Å². The fraction of sp³-hybridized carbons (Fsp3) is 0. The number of aromatic amines is 1. The number of carbonyl (C=O) groups excluding carboxylic acids is 1. The summed E-state index contributed by atoms with van der Waals surface area (Å²) < 4.78 is 19.4. The summed E-state index contributed by atoms with van der Waals surface area (Å²) in [5.41, 5.74) is 1.60. The van der Waals surface area contributed by atoms with Crippen LogP contribution >= 0.6 is 0 Å². The highest BCUT2D eigenvalue weighted by Gasteiger charge is 2.15. The lowest BCUT2D eigenvalue weighted by molar-refractivity contribution is 0.102. The molecule has 2 N–H and O–H groups in total. The molecule has 4 nitrogen and oxygen atoms in total. The van der Waals surface area contributed by atoms with Gasteiger partial charge in [0, 0.05) is 17.1 Å². The molecule has 1 heterocycles. The van der Waals surface area contributed by atoms with E-state index in [-0.39, 0.29) is 11.7 Å². The van der Waals surface area contributed by atoms with Crippen molar-refractivity contribution < 1.29 is 13.9 Å². The number of nitrogens with one attached hydrogen (secondary N) is 2. The Morgan fingerprint density at radius 2 is 1.73 bits per heavy atom. The summed E-state index contributed by atoms with van der Waals surface area (Å²) in [5.74, 6) is 0.464. The highest BCUT2D eigenvalue weighted by molar-refractivity contribution is 6.13. The maximum atomic E-state index is 13.5. The van der Waals surface area contributed by atoms with Gasteiger partial charge < -0.3 is 15.0 Å². The predicted molar refractivity (Wildman–Crippen MR) is 99.2 cm³/mol. The number of amides is 1. The summed E-state index contributed by atoms with van der Waals surface area (Å²) in [7, 11) is 0. The molecule has 26 heavy (non-hydrogen) atoms. The van der Waals surface area contributed by atoms with Crippen molar-refractivity contribution in [3.63, 3.8) is 0 Å². The number of halogens is 1. The smallest absolute Gasteiger partial charge is 0.257 e. The maximum Gasteiger partial charge on any atom is 0.257 e. The van der Waals surface area contributed by atoms with Crippen molar-refractivity contribution in [2.75, 3.05) is 5.32 Å². The van der Waals surface area contributed by atoms with Gasteiger partial charge in [0.2, 0.25) is 0 Å². The van der Waals surface area contributed by atoms with E-state index in [1.54, 1.807) is 24.4 Å². The zero-order chi connectivity index (χ0) is 17.9. The van der Waals surface area contributed by atoms with E-state index < -0.39 is 0 Å². The third-order valence-corrected chi connectivity index (χ3v) is 3.99. The molecule has 0 saturated carbocycles. The van der Waals surface area contributed by atoms with Crippen molar-refractivity contribution >= 4 is 22.5 Å². The Kier molecular flexibility index (Phi) is 4.11. The molecular weight excluding hydrogens is 331 g/mol. The van der Waals surface area contributed by atoms with Crippen molar-refractivity contribution in [1.29, 1.82) is 0 Å². The number of para-hydroxylation sites is 3. The Labute approximate surface area is 149 Å². The molecule has 1 aromatic heterocycles. The Hall–Kier alpha value is -3.60.